The van der Waals surface area contributed by atoms with Crippen molar-refractivity contribution in [2.45, 2.75) is 59.4 Å². The molecule has 1 unspecified atom stereocenters. The molecule has 1 aliphatic heterocycles. The highest BCUT2D eigenvalue weighted by Gasteiger charge is 2.22. The summed E-state index contributed by atoms with van der Waals surface area (Å²) in [5.74, 6) is 0. The van der Waals surface area contributed by atoms with Gasteiger partial charge in [-0.15, -0.1) is 0 Å². The monoisotopic (exact) mass is 225 g/mol. The Morgan fingerprint density at radius 1 is 1.44 bits per heavy atom. The molecule has 1 atom stereocenters. The molecule has 16 heavy (non-hydrogen) atoms. The zero-order chi connectivity index (χ0) is 12.0. The lowest BCUT2D eigenvalue weighted by Crippen LogP contribution is -2.36. The molecule has 0 spiro atoms. The van der Waals surface area contributed by atoms with Crippen molar-refractivity contribution in [1.29, 1.82) is 0 Å². The molecule has 0 aromatic carbocycles. The van der Waals surface area contributed by atoms with Crippen LogP contribution < -0.4 is 5.32 Å². The van der Waals surface area contributed by atoms with Crippen LogP contribution >= 0.6 is 0 Å². The summed E-state index contributed by atoms with van der Waals surface area (Å²) in [5.41, 5.74) is 1.82. The highest BCUT2D eigenvalue weighted by atomic mass is 16.5. The Morgan fingerprint density at radius 3 is 2.69 bits per heavy atom. The van der Waals surface area contributed by atoms with Crippen LogP contribution in [0.4, 0.5) is 0 Å². The van der Waals surface area contributed by atoms with E-state index in [9.17, 15) is 0 Å². The molecule has 2 nitrogen and oxygen atoms in total. The molecule has 1 aliphatic rings. The summed E-state index contributed by atoms with van der Waals surface area (Å²) in [5, 5.41) is 3.65. The van der Waals surface area contributed by atoms with E-state index in [1.807, 2.05) is 6.26 Å². The first-order valence-electron chi connectivity index (χ1n) is 6.57. The van der Waals surface area contributed by atoms with E-state index in [2.05, 4.69) is 33.0 Å². The Kier molecular flexibility index (Phi) is 5.33. The Balaban J connectivity index is 2.58. The largest absolute Gasteiger partial charge is 0.501 e. The fourth-order valence-electron chi connectivity index (χ4n) is 2.11. The molecule has 0 fully saturated rings. The van der Waals surface area contributed by atoms with Crippen molar-refractivity contribution in [3.63, 3.8) is 0 Å². The molecule has 2 heteroatoms. The van der Waals surface area contributed by atoms with Crippen LogP contribution in [0.15, 0.2) is 11.8 Å². The minimum absolute atomic E-state index is 0.365. The van der Waals surface area contributed by atoms with Crippen LogP contribution in [0.25, 0.3) is 0 Å². The molecule has 0 bridgehead atoms. The molecule has 0 aromatic heterocycles. The summed E-state index contributed by atoms with van der Waals surface area (Å²) < 4.78 is 5.46. The van der Waals surface area contributed by atoms with E-state index in [1.54, 1.807) is 0 Å². The number of hydrogen-bond donors (Lipinski definition) is 1. The van der Waals surface area contributed by atoms with Gasteiger partial charge in [0.05, 0.1) is 12.9 Å². The molecule has 0 saturated heterocycles. The van der Waals surface area contributed by atoms with Crippen LogP contribution in [-0.2, 0) is 4.74 Å². The summed E-state index contributed by atoms with van der Waals surface area (Å²) >= 11 is 0. The van der Waals surface area contributed by atoms with E-state index in [-0.39, 0.29) is 0 Å². The minimum Gasteiger partial charge on any atom is -0.501 e. The minimum atomic E-state index is 0.365. The van der Waals surface area contributed by atoms with Gasteiger partial charge in [-0.25, -0.2) is 0 Å². The fourth-order valence-corrected chi connectivity index (χ4v) is 2.11. The molecule has 1 heterocycles. The maximum atomic E-state index is 5.46. The first-order valence-corrected chi connectivity index (χ1v) is 6.57. The Labute approximate surface area is 100 Å². The summed E-state index contributed by atoms with van der Waals surface area (Å²) in [6.07, 6.45) is 6.72. The third-order valence-electron chi connectivity index (χ3n) is 2.87. The van der Waals surface area contributed by atoms with Crippen LogP contribution in [-0.4, -0.2) is 19.2 Å². The number of hydrogen-bond acceptors (Lipinski definition) is 2. The van der Waals surface area contributed by atoms with Gasteiger partial charge >= 0.3 is 0 Å². The molecular formula is C14H27NO. The summed E-state index contributed by atoms with van der Waals surface area (Å²) in [4.78, 5) is 0. The van der Waals surface area contributed by atoms with E-state index in [4.69, 9.17) is 4.74 Å². The van der Waals surface area contributed by atoms with E-state index < -0.39 is 0 Å². The predicted octanol–water partition coefficient (Wildman–Crippen LogP) is 3.49. The molecule has 0 aromatic rings. The Morgan fingerprint density at radius 2 is 2.19 bits per heavy atom. The summed E-state index contributed by atoms with van der Waals surface area (Å²) in [6.45, 7) is 11.1. The maximum Gasteiger partial charge on any atom is 0.0876 e. The molecule has 0 aliphatic carbocycles. The highest BCUT2D eigenvalue weighted by Crippen LogP contribution is 2.27. The van der Waals surface area contributed by atoms with E-state index >= 15 is 0 Å². The van der Waals surface area contributed by atoms with Gasteiger partial charge in [0.15, 0.2) is 0 Å². The summed E-state index contributed by atoms with van der Waals surface area (Å²) in [6, 6.07) is 0.500. The lowest BCUT2D eigenvalue weighted by atomic mass is 9.84. The summed E-state index contributed by atoms with van der Waals surface area (Å²) in [7, 11) is 0. The van der Waals surface area contributed by atoms with E-state index in [0.717, 1.165) is 13.2 Å². The predicted molar refractivity (Wildman–Crippen MR) is 69.4 cm³/mol. The molecule has 0 radical (unpaired) electrons. The second-order valence-corrected chi connectivity index (χ2v) is 5.94. The first kappa shape index (κ1) is 13.6. The highest BCUT2D eigenvalue weighted by molar-refractivity contribution is 5.10. The zero-order valence-corrected chi connectivity index (χ0v) is 11.3. The second kappa shape index (κ2) is 6.29. The van der Waals surface area contributed by atoms with Crippen molar-refractivity contribution in [1.82, 2.24) is 5.32 Å². The van der Waals surface area contributed by atoms with Gasteiger partial charge in [-0.3, -0.25) is 0 Å². The van der Waals surface area contributed by atoms with Gasteiger partial charge in [-0.2, -0.15) is 0 Å². The van der Waals surface area contributed by atoms with E-state index in [1.165, 1.54) is 31.3 Å². The topological polar surface area (TPSA) is 21.3 Å². The number of rotatable bonds is 5. The third kappa shape index (κ3) is 5.02. The molecule has 1 rings (SSSR count). The van der Waals surface area contributed by atoms with Gasteiger partial charge in [0.1, 0.15) is 0 Å². The molecular weight excluding hydrogens is 198 g/mol. The van der Waals surface area contributed by atoms with Gasteiger partial charge in [-0.1, -0.05) is 27.7 Å². The standard InChI is InChI=1S/C14H27NO/c1-5-8-15-13(10-14(2,3)4)12-7-6-9-16-11-12/h11,13,15H,5-10H2,1-4H3. The lowest BCUT2D eigenvalue weighted by molar-refractivity contribution is 0.213. The van der Waals surface area contributed by atoms with Crippen LogP contribution in [0.2, 0.25) is 0 Å². The first-order chi connectivity index (χ1) is 7.53. The van der Waals surface area contributed by atoms with Crippen molar-refractivity contribution < 1.29 is 4.74 Å². The average molecular weight is 225 g/mol. The Hall–Kier alpha value is -0.500. The number of ether oxygens (including phenoxy) is 1. The van der Waals surface area contributed by atoms with Crippen LogP contribution in [0, 0.1) is 5.41 Å². The SMILES string of the molecule is CCCNC(CC(C)(C)C)C1=COCCC1. The van der Waals surface area contributed by atoms with Gasteiger partial charge in [-0.05, 0) is 43.2 Å². The Bertz CT molecular complexity index is 227. The average Bonchev–Trinajstić information content (AvgIpc) is 2.24. The quantitative estimate of drug-likeness (QED) is 0.773. The number of nitrogens with one attached hydrogen (secondary N) is 1. The van der Waals surface area contributed by atoms with Crippen molar-refractivity contribution in [3.8, 4) is 0 Å². The maximum absolute atomic E-state index is 5.46. The van der Waals surface area contributed by atoms with Crippen molar-refractivity contribution in [3.05, 3.63) is 11.8 Å². The van der Waals surface area contributed by atoms with Crippen molar-refractivity contribution in [2.24, 2.45) is 5.41 Å². The van der Waals surface area contributed by atoms with Crippen molar-refractivity contribution >= 4 is 0 Å². The van der Waals surface area contributed by atoms with Gasteiger partial charge in [0.25, 0.3) is 0 Å². The molecule has 0 amide bonds. The van der Waals surface area contributed by atoms with Crippen LogP contribution in [0.5, 0.6) is 0 Å². The smallest absolute Gasteiger partial charge is 0.0876 e. The molecule has 0 saturated carbocycles. The fraction of sp³-hybridized carbons (Fsp3) is 0.857. The molecule has 94 valence electrons. The normalized spacial score (nSPS) is 18.9. The van der Waals surface area contributed by atoms with Crippen LogP contribution in [0.3, 0.4) is 0 Å². The van der Waals surface area contributed by atoms with Crippen molar-refractivity contribution in [2.75, 3.05) is 13.2 Å². The van der Waals surface area contributed by atoms with Crippen LogP contribution in [0.1, 0.15) is 53.4 Å². The molecule has 1 N–H and O–H groups in total. The van der Waals surface area contributed by atoms with Gasteiger partial charge < -0.3 is 10.1 Å². The van der Waals surface area contributed by atoms with E-state index in [0.29, 0.717) is 11.5 Å². The lowest BCUT2D eigenvalue weighted by Gasteiger charge is -2.30. The second-order valence-electron chi connectivity index (χ2n) is 5.94. The van der Waals surface area contributed by atoms with Gasteiger partial charge in [0.2, 0.25) is 0 Å². The zero-order valence-electron chi connectivity index (χ0n) is 11.3. The third-order valence-corrected chi connectivity index (χ3v) is 2.87. The van der Waals surface area contributed by atoms with Gasteiger partial charge in [0, 0.05) is 6.04 Å².